The number of morpholine rings is 1. The van der Waals surface area contributed by atoms with Crippen LogP contribution in [0.5, 0.6) is 0 Å². The Morgan fingerprint density at radius 3 is 2.60 bits per heavy atom. The van der Waals surface area contributed by atoms with Crippen molar-refractivity contribution in [1.29, 1.82) is 0 Å². The van der Waals surface area contributed by atoms with E-state index in [-0.39, 0.29) is 0 Å². The van der Waals surface area contributed by atoms with Crippen molar-refractivity contribution < 1.29 is 4.74 Å². The molecule has 3 nitrogen and oxygen atoms in total. The first-order valence-corrected chi connectivity index (χ1v) is 8.33. The summed E-state index contributed by atoms with van der Waals surface area (Å²) in [6.45, 7) is 7.24. The average Bonchev–Trinajstić information content (AvgIpc) is 2.98. The van der Waals surface area contributed by atoms with Crippen LogP contribution in [0.3, 0.4) is 0 Å². The number of nitrogens with one attached hydrogen (secondary N) is 1. The van der Waals surface area contributed by atoms with E-state index in [2.05, 4.69) is 23.1 Å². The van der Waals surface area contributed by atoms with E-state index in [9.17, 15) is 0 Å². The summed E-state index contributed by atoms with van der Waals surface area (Å²) >= 11 is 0. The molecule has 0 aromatic rings. The molecule has 0 spiro atoms. The van der Waals surface area contributed by atoms with Gasteiger partial charge in [-0.1, -0.05) is 19.8 Å². The second kappa shape index (κ2) is 8.02. The number of hydrogen-bond acceptors (Lipinski definition) is 3. The van der Waals surface area contributed by atoms with Gasteiger partial charge in [0.2, 0.25) is 0 Å². The minimum Gasteiger partial charge on any atom is -0.379 e. The van der Waals surface area contributed by atoms with Crippen molar-refractivity contribution in [3.63, 3.8) is 0 Å². The van der Waals surface area contributed by atoms with Gasteiger partial charge in [0.05, 0.1) is 13.2 Å². The Balaban J connectivity index is 2.07. The second-order valence-corrected chi connectivity index (χ2v) is 6.12. The Morgan fingerprint density at radius 2 is 2.00 bits per heavy atom. The molecule has 0 aromatic heterocycles. The first kappa shape index (κ1) is 15.8. The Morgan fingerprint density at radius 1 is 1.30 bits per heavy atom. The van der Waals surface area contributed by atoms with Crippen LogP contribution in [-0.4, -0.2) is 49.3 Å². The van der Waals surface area contributed by atoms with Crippen molar-refractivity contribution >= 4 is 0 Å². The SMILES string of the molecule is C#CCCCC(NCC)C1(N2CCOCC2)CCCC1. The zero-order chi connectivity index (χ0) is 14.3. The Labute approximate surface area is 124 Å². The number of terminal acetylenes is 1. The summed E-state index contributed by atoms with van der Waals surface area (Å²) in [5, 5.41) is 3.77. The van der Waals surface area contributed by atoms with Gasteiger partial charge in [0.15, 0.2) is 0 Å². The smallest absolute Gasteiger partial charge is 0.0594 e. The largest absolute Gasteiger partial charge is 0.379 e. The summed E-state index contributed by atoms with van der Waals surface area (Å²) in [6, 6.07) is 0.585. The molecule has 3 heteroatoms. The normalized spacial score (nSPS) is 24.4. The quantitative estimate of drug-likeness (QED) is 0.572. The molecule has 1 saturated heterocycles. The maximum Gasteiger partial charge on any atom is 0.0594 e. The molecule has 1 aliphatic heterocycles. The predicted octanol–water partition coefficient (Wildman–Crippen LogP) is 2.41. The standard InChI is InChI=1S/C17H30N2O/c1-3-5-6-9-16(18-4-2)17(10-7-8-11-17)19-12-14-20-15-13-19/h1,16,18H,4-15H2,2H3. The van der Waals surface area contributed by atoms with Crippen LogP contribution in [0.4, 0.5) is 0 Å². The van der Waals surface area contributed by atoms with E-state index in [1.807, 2.05) is 0 Å². The van der Waals surface area contributed by atoms with Gasteiger partial charge in [-0.15, -0.1) is 12.3 Å². The lowest BCUT2D eigenvalue weighted by Crippen LogP contribution is -2.62. The molecule has 1 heterocycles. The highest BCUT2D eigenvalue weighted by Crippen LogP contribution is 2.40. The molecule has 0 bridgehead atoms. The van der Waals surface area contributed by atoms with Gasteiger partial charge >= 0.3 is 0 Å². The number of likely N-dealkylation sites (N-methyl/N-ethyl adjacent to an activating group) is 1. The number of nitrogens with zero attached hydrogens (tertiary/aromatic N) is 1. The van der Waals surface area contributed by atoms with Crippen LogP contribution in [0.2, 0.25) is 0 Å². The maximum atomic E-state index is 5.55. The molecular formula is C17H30N2O. The van der Waals surface area contributed by atoms with Gasteiger partial charge in [-0.25, -0.2) is 0 Å². The van der Waals surface area contributed by atoms with Crippen molar-refractivity contribution in [2.75, 3.05) is 32.8 Å². The van der Waals surface area contributed by atoms with Gasteiger partial charge in [0, 0.05) is 31.1 Å². The number of ether oxygens (including phenoxy) is 1. The molecule has 2 fully saturated rings. The van der Waals surface area contributed by atoms with E-state index in [1.165, 1.54) is 32.1 Å². The molecule has 20 heavy (non-hydrogen) atoms. The van der Waals surface area contributed by atoms with E-state index in [0.29, 0.717) is 11.6 Å². The lowest BCUT2D eigenvalue weighted by Gasteiger charge is -2.48. The van der Waals surface area contributed by atoms with Gasteiger partial charge < -0.3 is 10.1 Å². The first-order chi connectivity index (χ1) is 9.83. The summed E-state index contributed by atoms with van der Waals surface area (Å²) in [7, 11) is 0. The first-order valence-electron chi connectivity index (χ1n) is 8.33. The van der Waals surface area contributed by atoms with Crippen molar-refractivity contribution in [3.8, 4) is 12.3 Å². The highest BCUT2D eigenvalue weighted by atomic mass is 16.5. The van der Waals surface area contributed by atoms with Crippen LogP contribution in [0.25, 0.3) is 0 Å². The van der Waals surface area contributed by atoms with Crippen molar-refractivity contribution in [2.24, 2.45) is 0 Å². The van der Waals surface area contributed by atoms with Crippen LogP contribution >= 0.6 is 0 Å². The third-order valence-electron chi connectivity index (χ3n) is 5.02. The van der Waals surface area contributed by atoms with Gasteiger partial charge in [0.1, 0.15) is 0 Å². The average molecular weight is 278 g/mol. The number of rotatable bonds is 7. The van der Waals surface area contributed by atoms with Gasteiger partial charge in [-0.2, -0.15) is 0 Å². The lowest BCUT2D eigenvalue weighted by molar-refractivity contribution is -0.0368. The molecule has 1 N–H and O–H groups in total. The van der Waals surface area contributed by atoms with Crippen LogP contribution in [0, 0.1) is 12.3 Å². The molecule has 1 saturated carbocycles. The second-order valence-electron chi connectivity index (χ2n) is 6.12. The fourth-order valence-electron chi connectivity index (χ4n) is 4.10. The highest BCUT2D eigenvalue weighted by Gasteiger charge is 2.45. The van der Waals surface area contributed by atoms with Gasteiger partial charge in [-0.3, -0.25) is 4.90 Å². The Bertz CT molecular complexity index is 311. The molecule has 1 atom stereocenters. The van der Waals surface area contributed by atoms with E-state index in [1.54, 1.807) is 0 Å². The molecule has 2 rings (SSSR count). The minimum absolute atomic E-state index is 0.356. The van der Waals surface area contributed by atoms with Crippen molar-refractivity contribution in [2.45, 2.75) is 63.5 Å². The van der Waals surface area contributed by atoms with E-state index in [4.69, 9.17) is 11.2 Å². The summed E-state index contributed by atoms with van der Waals surface area (Å²) in [6.07, 6.45) is 14.1. The predicted molar refractivity (Wildman–Crippen MR) is 83.7 cm³/mol. The Hall–Kier alpha value is -0.560. The molecule has 1 unspecified atom stereocenters. The highest BCUT2D eigenvalue weighted by molar-refractivity contribution is 5.04. The fourth-order valence-corrected chi connectivity index (χ4v) is 4.10. The molecule has 1 aliphatic carbocycles. The Kier molecular flexibility index (Phi) is 6.35. The zero-order valence-electron chi connectivity index (χ0n) is 13.0. The summed E-state index contributed by atoms with van der Waals surface area (Å²) in [5.41, 5.74) is 0.356. The molecule has 0 aromatic carbocycles. The van der Waals surface area contributed by atoms with E-state index < -0.39 is 0 Å². The van der Waals surface area contributed by atoms with Crippen molar-refractivity contribution in [3.05, 3.63) is 0 Å². The molecule has 0 radical (unpaired) electrons. The number of hydrogen-bond donors (Lipinski definition) is 1. The molecule has 2 aliphatic rings. The third-order valence-corrected chi connectivity index (χ3v) is 5.02. The monoisotopic (exact) mass is 278 g/mol. The lowest BCUT2D eigenvalue weighted by atomic mass is 9.82. The molecule has 0 amide bonds. The van der Waals surface area contributed by atoms with E-state index >= 15 is 0 Å². The summed E-state index contributed by atoms with van der Waals surface area (Å²) < 4.78 is 5.55. The van der Waals surface area contributed by atoms with Crippen LogP contribution in [0.1, 0.15) is 51.9 Å². The zero-order valence-corrected chi connectivity index (χ0v) is 13.0. The van der Waals surface area contributed by atoms with Gasteiger partial charge in [0.25, 0.3) is 0 Å². The van der Waals surface area contributed by atoms with Crippen LogP contribution in [-0.2, 0) is 4.74 Å². The third kappa shape index (κ3) is 3.55. The summed E-state index contributed by atoms with van der Waals surface area (Å²) in [5.74, 6) is 2.79. The minimum atomic E-state index is 0.356. The van der Waals surface area contributed by atoms with E-state index in [0.717, 1.165) is 45.7 Å². The molecular weight excluding hydrogens is 248 g/mol. The summed E-state index contributed by atoms with van der Waals surface area (Å²) in [4.78, 5) is 2.71. The topological polar surface area (TPSA) is 24.5 Å². The van der Waals surface area contributed by atoms with Crippen LogP contribution in [0.15, 0.2) is 0 Å². The van der Waals surface area contributed by atoms with Crippen LogP contribution < -0.4 is 5.32 Å². The maximum absolute atomic E-state index is 5.55. The van der Waals surface area contributed by atoms with Gasteiger partial charge in [-0.05, 0) is 32.2 Å². The molecule has 114 valence electrons. The number of unbranched alkanes of at least 4 members (excludes halogenated alkanes) is 1. The van der Waals surface area contributed by atoms with Crippen molar-refractivity contribution in [1.82, 2.24) is 10.2 Å². The fraction of sp³-hybridized carbons (Fsp3) is 0.882.